The van der Waals surface area contributed by atoms with Crippen molar-refractivity contribution >= 4 is 0 Å². The van der Waals surface area contributed by atoms with Crippen LogP contribution < -0.4 is 0 Å². The summed E-state index contributed by atoms with van der Waals surface area (Å²) in [6, 6.07) is 0. The zero-order chi connectivity index (χ0) is 17.4. The lowest BCUT2D eigenvalue weighted by molar-refractivity contribution is -0.266. The first-order chi connectivity index (χ1) is 12.0. The summed E-state index contributed by atoms with van der Waals surface area (Å²) in [6.07, 6.45) is 10.7. The van der Waals surface area contributed by atoms with Crippen LogP contribution in [-0.4, -0.2) is 47.5 Å². The molecular weight excluding hydrogens is 310 g/mol. The van der Waals surface area contributed by atoms with Gasteiger partial charge in [-0.25, -0.2) is 0 Å². The highest BCUT2D eigenvalue weighted by Gasteiger charge is 2.69. The summed E-state index contributed by atoms with van der Waals surface area (Å²) in [4.78, 5) is 2.59. The van der Waals surface area contributed by atoms with Crippen molar-refractivity contribution in [1.29, 1.82) is 0 Å². The molecule has 5 aliphatic carbocycles. The molecule has 4 bridgehead atoms. The molecule has 5 saturated carbocycles. The Kier molecular flexibility index (Phi) is 3.71. The van der Waals surface area contributed by atoms with Gasteiger partial charge in [0, 0.05) is 25.0 Å². The van der Waals surface area contributed by atoms with Crippen molar-refractivity contribution in [2.45, 2.75) is 71.3 Å². The van der Waals surface area contributed by atoms with Gasteiger partial charge in [-0.2, -0.15) is 0 Å². The molecule has 6 rings (SSSR count). The molecule has 3 nitrogen and oxygen atoms in total. The van der Waals surface area contributed by atoms with Crippen LogP contribution in [0, 0.1) is 39.9 Å². The average molecular weight is 348 g/mol. The summed E-state index contributed by atoms with van der Waals surface area (Å²) < 4.78 is 0. The van der Waals surface area contributed by atoms with E-state index in [0.29, 0.717) is 16.7 Å². The number of piperidine rings is 1. The van der Waals surface area contributed by atoms with Crippen molar-refractivity contribution in [3.05, 3.63) is 0 Å². The molecule has 3 heteroatoms. The SMILES string of the molecule is C[C@H]1[C@H]2CC[C@]3(CC[C@@H]4[C@]5(C)CCC[C@]4(CN(CCO)C5)[C@@H]3C2)[C@@H]1O. The lowest BCUT2D eigenvalue weighted by atomic mass is 9.34. The monoisotopic (exact) mass is 347 g/mol. The summed E-state index contributed by atoms with van der Waals surface area (Å²) >= 11 is 0. The lowest BCUT2D eigenvalue weighted by Gasteiger charge is -2.73. The number of nitrogens with zero attached hydrogens (tertiary/aromatic N) is 1. The van der Waals surface area contributed by atoms with Crippen molar-refractivity contribution < 1.29 is 10.2 Å². The highest BCUT2D eigenvalue weighted by molar-refractivity contribution is 5.19. The molecule has 1 saturated heterocycles. The van der Waals surface area contributed by atoms with Gasteiger partial charge in [0.1, 0.15) is 0 Å². The van der Waals surface area contributed by atoms with E-state index in [1.54, 1.807) is 0 Å². The Hall–Kier alpha value is -0.120. The molecule has 0 aromatic rings. The van der Waals surface area contributed by atoms with E-state index in [2.05, 4.69) is 18.7 Å². The van der Waals surface area contributed by atoms with Crippen molar-refractivity contribution in [1.82, 2.24) is 4.90 Å². The second-order valence-corrected chi connectivity index (χ2v) is 10.9. The van der Waals surface area contributed by atoms with Gasteiger partial charge in [-0.1, -0.05) is 20.3 Å². The standard InChI is InChI=1S/C22H37NO2/c1-15-16-4-8-21(19(15)25)9-5-17-20(2)6-3-7-22(17,18(21)12-16)14-23(13-20)10-11-24/h15-19,24-25H,3-14H2,1-2H3/t15-,16-,17+,18+,19+,20+,21+,22+/m0/s1. The molecule has 1 spiro atoms. The first-order valence-electron chi connectivity index (χ1n) is 11.0. The smallest absolute Gasteiger partial charge is 0.0627 e. The number of hydrogen-bond acceptors (Lipinski definition) is 3. The average Bonchev–Trinajstić information content (AvgIpc) is 2.58. The number of hydrogen-bond donors (Lipinski definition) is 2. The molecule has 6 aliphatic rings. The Bertz CT molecular complexity index is 552. The molecule has 0 amide bonds. The van der Waals surface area contributed by atoms with Gasteiger partial charge in [-0.15, -0.1) is 0 Å². The second-order valence-electron chi connectivity index (χ2n) is 10.9. The molecule has 0 aromatic carbocycles. The number of aliphatic hydroxyl groups excluding tert-OH is 2. The summed E-state index contributed by atoms with van der Waals surface area (Å²) in [5.74, 6) is 2.83. The zero-order valence-corrected chi connectivity index (χ0v) is 16.2. The predicted octanol–water partition coefficient (Wildman–Crippen LogP) is 3.29. The molecule has 2 N–H and O–H groups in total. The Morgan fingerprint density at radius 2 is 1.80 bits per heavy atom. The van der Waals surface area contributed by atoms with E-state index >= 15 is 0 Å². The van der Waals surface area contributed by atoms with E-state index in [1.807, 2.05) is 0 Å². The number of likely N-dealkylation sites (tertiary alicyclic amines) is 1. The first kappa shape index (κ1) is 17.0. The molecule has 0 aromatic heterocycles. The number of rotatable bonds is 2. The Morgan fingerprint density at radius 1 is 1.00 bits per heavy atom. The summed E-state index contributed by atoms with van der Waals surface area (Å²) in [6.45, 7) is 8.37. The molecule has 0 unspecified atom stereocenters. The molecule has 6 fully saturated rings. The maximum absolute atomic E-state index is 11.3. The van der Waals surface area contributed by atoms with Crippen molar-refractivity contribution in [3.63, 3.8) is 0 Å². The Balaban J connectivity index is 1.58. The van der Waals surface area contributed by atoms with Crippen LogP contribution in [0.5, 0.6) is 0 Å². The fraction of sp³-hybridized carbons (Fsp3) is 1.00. The molecule has 142 valence electrons. The van der Waals surface area contributed by atoms with Crippen LogP contribution in [0.4, 0.5) is 0 Å². The number of β-amino-alcohol motifs (C(OH)–C–C–N with tert-alkyl or cyclic N) is 1. The van der Waals surface area contributed by atoms with E-state index in [-0.39, 0.29) is 18.1 Å². The predicted molar refractivity (Wildman–Crippen MR) is 99.1 cm³/mol. The van der Waals surface area contributed by atoms with Crippen molar-refractivity contribution in [2.24, 2.45) is 39.9 Å². The topological polar surface area (TPSA) is 43.7 Å². The van der Waals surface area contributed by atoms with E-state index in [4.69, 9.17) is 0 Å². The van der Waals surface area contributed by atoms with E-state index in [0.717, 1.165) is 24.3 Å². The van der Waals surface area contributed by atoms with Gasteiger partial charge in [0.25, 0.3) is 0 Å². The van der Waals surface area contributed by atoms with Crippen LogP contribution in [0.2, 0.25) is 0 Å². The van der Waals surface area contributed by atoms with Crippen molar-refractivity contribution in [3.8, 4) is 0 Å². The van der Waals surface area contributed by atoms with E-state index in [1.165, 1.54) is 64.5 Å². The summed E-state index contributed by atoms with van der Waals surface area (Å²) in [5.41, 5.74) is 1.06. The highest BCUT2D eigenvalue weighted by atomic mass is 16.3. The van der Waals surface area contributed by atoms with Gasteiger partial charge in [0.2, 0.25) is 0 Å². The highest BCUT2D eigenvalue weighted by Crippen LogP contribution is 2.73. The van der Waals surface area contributed by atoms with Gasteiger partial charge in [-0.05, 0) is 79.4 Å². The van der Waals surface area contributed by atoms with Crippen LogP contribution in [0.1, 0.15) is 65.2 Å². The third-order valence-corrected chi connectivity index (χ3v) is 10.1. The molecule has 25 heavy (non-hydrogen) atoms. The van der Waals surface area contributed by atoms with Gasteiger partial charge in [0.15, 0.2) is 0 Å². The quantitative estimate of drug-likeness (QED) is 0.805. The number of fused-ring (bicyclic) bond motifs is 2. The fourth-order valence-corrected chi connectivity index (χ4v) is 9.25. The van der Waals surface area contributed by atoms with Gasteiger partial charge in [0.05, 0.1) is 12.7 Å². The maximum Gasteiger partial charge on any atom is 0.0627 e. The normalized spacial score (nSPS) is 57.8. The van der Waals surface area contributed by atoms with Gasteiger partial charge in [-0.3, -0.25) is 4.90 Å². The molecule has 8 atom stereocenters. The van der Waals surface area contributed by atoms with E-state index in [9.17, 15) is 10.2 Å². The minimum Gasteiger partial charge on any atom is -0.395 e. The third kappa shape index (κ3) is 2.04. The Labute approximate surface area is 153 Å². The van der Waals surface area contributed by atoms with Crippen LogP contribution >= 0.6 is 0 Å². The lowest BCUT2D eigenvalue weighted by Crippen LogP contribution is -2.71. The largest absolute Gasteiger partial charge is 0.395 e. The Morgan fingerprint density at radius 3 is 2.60 bits per heavy atom. The number of aliphatic hydroxyl groups is 2. The molecule has 1 heterocycles. The fourth-order valence-electron chi connectivity index (χ4n) is 9.25. The van der Waals surface area contributed by atoms with Gasteiger partial charge >= 0.3 is 0 Å². The van der Waals surface area contributed by atoms with Crippen LogP contribution in [0.3, 0.4) is 0 Å². The third-order valence-electron chi connectivity index (χ3n) is 10.1. The van der Waals surface area contributed by atoms with Crippen LogP contribution in [0.15, 0.2) is 0 Å². The van der Waals surface area contributed by atoms with Crippen LogP contribution in [0.25, 0.3) is 0 Å². The molecule has 1 aliphatic heterocycles. The minimum absolute atomic E-state index is 0.0678. The van der Waals surface area contributed by atoms with E-state index < -0.39 is 0 Å². The van der Waals surface area contributed by atoms with Crippen LogP contribution in [-0.2, 0) is 0 Å². The zero-order valence-electron chi connectivity index (χ0n) is 16.2. The maximum atomic E-state index is 11.3. The molecule has 0 radical (unpaired) electrons. The second kappa shape index (κ2) is 5.45. The van der Waals surface area contributed by atoms with Crippen molar-refractivity contribution in [2.75, 3.05) is 26.2 Å². The molecular formula is C22H37NO2. The summed E-state index contributed by atoms with van der Waals surface area (Å²) in [5, 5.41) is 20.9. The summed E-state index contributed by atoms with van der Waals surface area (Å²) in [7, 11) is 0. The first-order valence-corrected chi connectivity index (χ1v) is 11.0. The minimum atomic E-state index is -0.0678. The van der Waals surface area contributed by atoms with Gasteiger partial charge < -0.3 is 10.2 Å².